The second kappa shape index (κ2) is 11.7. The SMILES string of the molecule is CCCNC(=O)N(C)C[C@H]1Oc2cc(C#C[C@H](C)O)ccc2S(=O)(=O)N([C@@H](C)CO)C[C@H]1C. The van der Waals surface area contributed by atoms with Crippen molar-refractivity contribution in [2.24, 2.45) is 5.92 Å². The minimum Gasteiger partial charge on any atom is -0.487 e. The number of nitrogens with zero attached hydrogens (tertiary/aromatic N) is 2. The minimum absolute atomic E-state index is 0.0274. The molecule has 9 nitrogen and oxygen atoms in total. The Labute approximate surface area is 196 Å². The maximum Gasteiger partial charge on any atom is 0.317 e. The molecule has 1 heterocycles. The van der Waals surface area contributed by atoms with Crippen LogP contribution in [0.15, 0.2) is 23.1 Å². The molecule has 0 aromatic heterocycles. The zero-order valence-corrected chi connectivity index (χ0v) is 20.7. The van der Waals surface area contributed by atoms with Gasteiger partial charge >= 0.3 is 6.03 Å². The number of aliphatic hydroxyl groups is 2. The van der Waals surface area contributed by atoms with E-state index in [0.29, 0.717) is 12.1 Å². The number of ether oxygens (including phenoxy) is 1. The van der Waals surface area contributed by atoms with Crippen molar-refractivity contribution in [3.8, 4) is 17.6 Å². The van der Waals surface area contributed by atoms with Crippen LogP contribution in [0.5, 0.6) is 5.75 Å². The molecule has 0 saturated heterocycles. The Morgan fingerprint density at radius 3 is 2.70 bits per heavy atom. The van der Waals surface area contributed by atoms with E-state index in [1.54, 1.807) is 20.0 Å². The molecule has 10 heteroatoms. The van der Waals surface area contributed by atoms with Crippen LogP contribution in [0.3, 0.4) is 0 Å². The minimum atomic E-state index is -3.96. The molecule has 2 amide bonds. The number of carbonyl (C=O) groups excluding carboxylic acids is 1. The van der Waals surface area contributed by atoms with Crippen molar-refractivity contribution in [3.05, 3.63) is 23.8 Å². The number of benzene rings is 1. The number of rotatable bonds is 6. The van der Waals surface area contributed by atoms with Gasteiger partial charge in [0.2, 0.25) is 10.0 Å². The van der Waals surface area contributed by atoms with E-state index >= 15 is 0 Å². The Balaban J connectivity index is 2.51. The Hall–Kier alpha value is -2.32. The van der Waals surface area contributed by atoms with Gasteiger partial charge in [0.05, 0.1) is 13.2 Å². The molecule has 184 valence electrons. The number of carbonyl (C=O) groups is 1. The second-order valence-electron chi connectivity index (χ2n) is 8.46. The van der Waals surface area contributed by atoms with Gasteiger partial charge in [-0.3, -0.25) is 0 Å². The summed E-state index contributed by atoms with van der Waals surface area (Å²) in [7, 11) is -2.29. The van der Waals surface area contributed by atoms with Crippen LogP contribution in [0.2, 0.25) is 0 Å². The second-order valence-corrected chi connectivity index (χ2v) is 10.3. The Kier molecular flexibility index (Phi) is 9.55. The van der Waals surface area contributed by atoms with Crippen molar-refractivity contribution in [2.75, 3.05) is 33.3 Å². The average molecular weight is 482 g/mol. The Morgan fingerprint density at radius 1 is 1.39 bits per heavy atom. The normalized spacial score (nSPS) is 21.8. The fourth-order valence-corrected chi connectivity index (χ4v) is 5.25. The summed E-state index contributed by atoms with van der Waals surface area (Å²) in [5.41, 5.74) is 0.493. The zero-order chi connectivity index (χ0) is 24.8. The summed E-state index contributed by atoms with van der Waals surface area (Å²) in [6, 6.07) is 3.65. The summed E-state index contributed by atoms with van der Waals surface area (Å²) in [5, 5.41) is 22.0. The standard InChI is InChI=1S/C23H35N3O6S/c1-6-11-24-23(29)25(5)14-21-16(2)13-26(17(3)15-27)33(30,31)22-10-9-19(8-7-18(4)28)12-20(22)32-21/h9-10,12,16-18,21,27-28H,6,11,13-15H2,1-5H3,(H,24,29)/t16-,17+,18+,21-/m1/s1. The highest BCUT2D eigenvalue weighted by Gasteiger charge is 2.38. The predicted molar refractivity (Wildman–Crippen MR) is 125 cm³/mol. The Morgan fingerprint density at radius 2 is 2.09 bits per heavy atom. The fraction of sp³-hybridized carbons (Fsp3) is 0.609. The number of fused-ring (bicyclic) bond motifs is 1. The number of aliphatic hydroxyl groups excluding tert-OH is 2. The predicted octanol–water partition coefficient (Wildman–Crippen LogP) is 1.24. The molecule has 1 aliphatic heterocycles. The molecule has 0 radical (unpaired) electrons. The van der Waals surface area contributed by atoms with Crippen LogP contribution in [0.4, 0.5) is 4.79 Å². The average Bonchev–Trinajstić information content (AvgIpc) is 2.77. The molecule has 0 aliphatic carbocycles. The first-order valence-electron chi connectivity index (χ1n) is 11.1. The van der Waals surface area contributed by atoms with Gasteiger partial charge in [-0.05, 0) is 38.5 Å². The summed E-state index contributed by atoms with van der Waals surface area (Å²) in [5.74, 6) is 5.29. The maximum absolute atomic E-state index is 13.4. The topological polar surface area (TPSA) is 119 Å². The highest BCUT2D eigenvalue weighted by atomic mass is 32.2. The van der Waals surface area contributed by atoms with Crippen molar-refractivity contribution < 1.29 is 28.2 Å². The quantitative estimate of drug-likeness (QED) is 0.526. The maximum atomic E-state index is 13.4. The largest absolute Gasteiger partial charge is 0.487 e. The van der Waals surface area contributed by atoms with Gasteiger partial charge < -0.3 is 25.2 Å². The number of nitrogens with one attached hydrogen (secondary N) is 1. The first-order chi connectivity index (χ1) is 15.5. The molecule has 0 bridgehead atoms. The number of sulfonamides is 1. The van der Waals surface area contributed by atoms with Crippen LogP contribution in [0, 0.1) is 17.8 Å². The van der Waals surface area contributed by atoms with Crippen molar-refractivity contribution in [1.82, 2.24) is 14.5 Å². The van der Waals surface area contributed by atoms with Gasteiger partial charge in [0.25, 0.3) is 0 Å². The van der Waals surface area contributed by atoms with E-state index in [4.69, 9.17) is 4.74 Å². The molecule has 1 aliphatic rings. The highest BCUT2D eigenvalue weighted by Crippen LogP contribution is 2.34. The summed E-state index contributed by atoms with van der Waals surface area (Å²) in [6.45, 7) is 7.59. The van der Waals surface area contributed by atoms with Crippen LogP contribution in [-0.4, -0.2) is 85.4 Å². The van der Waals surface area contributed by atoms with Gasteiger partial charge in [-0.2, -0.15) is 4.31 Å². The first-order valence-corrected chi connectivity index (χ1v) is 12.6. The molecule has 4 atom stereocenters. The van der Waals surface area contributed by atoms with Gasteiger partial charge in [-0.1, -0.05) is 25.7 Å². The van der Waals surface area contributed by atoms with Gasteiger partial charge in [0, 0.05) is 37.7 Å². The number of urea groups is 1. The number of hydrogen-bond donors (Lipinski definition) is 3. The third-order valence-corrected chi connectivity index (χ3v) is 7.44. The lowest BCUT2D eigenvalue weighted by molar-refractivity contribution is 0.0812. The van der Waals surface area contributed by atoms with Gasteiger partial charge in [0.1, 0.15) is 22.9 Å². The molecule has 0 spiro atoms. The number of hydrogen-bond acceptors (Lipinski definition) is 6. The summed E-state index contributed by atoms with van der Waals surface area (Å²) in [4.78, 5) is 13.9. The van der Waals surface area contributed by atoms with E-state index in [1.165, 1.54) is 28.3 Å². The van der Waals surface area contributed by atoms with Crippen LogP contribution < -0.4 is 10.1 Å². The van der Waals surface area contributed by atoms with Crippen molar-refractivity contribution in [3.63, 3.8) is 0 Å². The van der Waals surface area contributed by atoms with Crippen LogP contribution >= 0.6 is 0 Å². The van der Waals surface area contributed by atoms with Crippen LogP contribution in [-0.2, 0) is 10.0 Å². The molecule has 0 saturated carbocycles. The molecule has 2 rings (SSSR count). The van der Waals surface area contributed by atoms with E-state index in [-0.39, 0.29) is 42.3 Å². The fourth-order valence-electron chi connectivity index (χ4n) is 3.43. The summed E-state index contributed by atoms with van der Waals surface area (Å²) < 4.78 is 34.4. The lowest BCUT2D eigenvalue weighted by atomic mass is 10.0. The lowest BCUT2D eigenvalue weighted by Gasteiger charge is -2.37. The first kappa shape index (κ1) is 26.9. The molecule has 33 heavy (non-hydrogen) atoms. The van der Waals surface area contributed by atoms with Crippen molar-refractivity contribution in [1.29, 1.82) is 0 Å². The molecule has 1 aromatic rings. The summed E-state index contributed by atoms with van der Waals surface area (Å²) >= 11 is 0. The molecular weight excluding hydrogens is 446 g/mol. The van der Waals surface area contributed by atoms with E-state index < -0.39 is 28.3 Å². The van der Waals surface area contributed by atoms with Crippen LogP contribution in [0.1, 0.15) is 39.7 Å². The monoisotopic (exact) mass is 481 g/mol. The van der Waals surface area contributed by atoms with Gasteiger partial charge in [-0.25, -0.2) is 13.2 Å². The van der Waals surface area contributed by atoms with Gasteiger partial charge in [-0.15, -0.1) is 0 Å². The molecular formula is C23H35N3O6S. The van der Waals surface area contributed by atoms with E-state index in [0.717, 1.165) is 6.42 Å². The Bertz CT molecular complexity index is 986. The third-order valence-electron chi connectivity index (χ3n) is 5.42. The summed E-state index contributed by atoms with van der Waals surface area (Å²) in [6.07, 6.45) is -0.531. The van der Waals surface area contributed by atoms with Crippen molar-refractivity contribution in [2.45, 2.75) is 57.3 Å². The smallest absolute Gasteiger partial charge is 0.317 e. The molecule has 0 fully saturated rings. The molecule has 1 aromatic carbocycles. The lowest BCUT2D eigenvalue weighted by Crippen LogP contribution is -2.51. The molecule has 0 unspecified atom stereocenters. The number of amides is 2. The van der Waals surface area contributed by atoms with Gasteiger partial charge in [0.15, 0.2) is 0 Å². The molecule has 3 N–H and O–H groups in total. The van der Waals surface area contributed by atoms with Crippen LogP contribution in [0.25, 0.3) is 0 Å². The van der Waals surface area contributed by atoms with E-state index in [2.05, 4.69) is 17.2 Å². The van der Waals surface area contributed by atoms with Crippen molar-refractivity contribution >= 4 is 16.1 Å². The highest BCUT2D eigenvalue weighted by molar-refractivity contribution is 7.89. The van der Waals surface area contributed by atoms with E-state index in [1.807, 2.05) is 13.8 Å². The van der Waals surface area contributed by atoms with E-state index in [9.17, 15) is 23.4 Å². The zero-order valence-electron chi connectivity index (χ0n) is 19.9. The third kappa shape index (κ3) is 6.84. The number of likely N-dealkylation sites (N-methyl/N-ethyl adjacent to an activating group) is 1.